The SMILES string of the molecule is CCOc1cccc2sc(N(Cc3ccccn3)C(=O)c3cc4cccc(OC)c4o3)nc12. The summed E-state index contributed by atoms with van der Waals surface area (Å²) < 4.78 is 18.0. The van der Waals surface area contributed by atoms with E-state index in [1.807, 2.05) is 55.5 Å². The lowest BCUT2D eigenvalue weighted by molar-refractivity contribution is 0.0960. The maximum absolute atomic E-state index is 13.7. The number of anilines is 1. The molecule has 0 unspecified atom stereocenters. The van der Waals surface area contributed by atoms with Crippen LogP contribution >= 0.6 is 11.3 Å². The molecule has 8 heteroatoms. The van der Waals surface area contributed by atoms with Crippen LogP contribution in [0.1, 0.15) is 23.2 Å². The Bertz CT molecular complexity index is 1430. The van der Waals surface area contributed by atoms with Crippen molar-refractivity contribution in [3.63, 3.8) is 0 Å². The second kappa shape index (κ2) is 8.91. The second-order valence-electron chi connectivity index (χ2n) is 7.23. The molecule has 2 aromatic carbocycles. The van der Waals surface area contributed by atoms with E-state index in [1.165, 1.54) is 11.3 Å². The highest BCUT2D eigenvalue weighted by Gasteiger charge is 2.26. The number of benzene rings is 2. The zero-order valence-electron chi connectivity index (χ0n) is 18.1. The topological polar surface area (TPSA) is 77.7 Å². The number of amides is 1. The van der Waals surface area contributed by atoms with Crippen molar-refractivity contribution in [2.75, 3.05) is 18.6 Å². The second-order valence-corrected chi connectivity index (χ2v) is 8.24. The maximum atomic E-state index is 13.7. The molecule has 0 N–H and O–H groups in total. The highest BCUT2D eigenvalue weighted by Crippen LogP contribution is 2.36. The van der Waals surface area contributed by atoms with Crippen molar-refractivity contribution in [1.29, 1.82) is 0 Å². The summed E-state index contributed by atoms with van der Waals surface area (Å²) in [7, 11) is 1.57. The molecular weight excluding hydrogens is 438 g/mol. The molecule has 0 atom stereocenters. The van der Waals surface area contributed by atoms with Crippen molar-refractivity contribution < 1.29 is 18.7 Å². The van der Waals surface area contributed by atoms with Gasteiger partial charge in [0.25, 0.3) is 5.91 Å². The molecule has 0 aliphatic carbocycles. The average molecular weight is 460 g/mol. The van der Waals surface area contributed by atoms with Gasteiger partial charge in [0.05, 0.1) is 30.7 Å². The number of hydrogen-bond acceptors (Lipinski definition) is 7. The summed E-state index contributed by atoms with van der Waals surface area (Å²) in [6.45, 7) is 2.71. The minimum absolute atomic E-state index is 0.203. The van der Waals surface area contributed by atoms with Crippen LogP contribution in [-0.4, -0.2) is 29.6 Å². The lowest BCUT2D eigenvalue weighted by Crippen LogP contribution is -2.30. The first-order chi connectivity index (χ1) is 16.2. The van der Waals surface area contributed by atoms with Crippen LogP contribution in [0.2, 0.25) is 0 Å². The molecule has 3 heterocycles. The molecule has 5 aromatic rings. The molecule has 5 rings (SSSR count). The number of fused-ring (bicyclic) bond motifs is 2. The van der Waals surface area contributed by atoms with E-state index >= 15 is 0 Å². The molecule has 0 saturated carbocycles. The maximum Gasteiger partial charge on any atom is 0.296 e. The summed E-state index contributed by atoms with van der Waals surface area (Å²) in [5, 5.41) is 1.33. The number of carbonyl (C=O) groups excluding carboxylic acids is 1. The largest absolute Gasteiger partial charge is 0.493 e. The molecule has 166 valence electrons. The smallest absolute Gasteiger partial charge is 0.296 e. The Morgan fingerprint density at radius 2 is 1.94 bits per heavy atom. The Hall–Kier alpha value is -3.91. The summed E-state index contributed by atoms with van der Waals surface area (Å²) in [4.78, 5) is 24.5. The van der Waals surface area contributed by atoms with Gasteiger partial charge in [0, 0.05) is 11.6 Å². The van der Waals surface area contributed by atoms with Crippen molar-refractivity contribution in [2.45, 2.75) is 13.5 Å². The van der Waals surface area contributed by atoms with E-state index in [2.05, 4.69) is 4.98 Å². The monoisotopic (exact) mass is 459 g/mol. The van der Waals surface area contributed by atoms with Gasteiger partial charge in [0.15, 0.2) is 22.2 Å². The van der Waals surface area contributed by atoms with Crippen LogP contribution in [0.5, 0.6) is 11.5 Å². The Morgan fingerprint density at radius 1 is 1.09 bits per heavy atom. The zero-order valence-corrected chi connectivity index (χ0v) is 19.0. The summed E-state index contributed by atoms with van der Waals surface area (Å²) in [5.41, 5.74) is 2.00. The number of carbonyl (C=O) groups is 1. The number of para-hydroxylation sites is 2. The van der Waals surface area contributed by atoms with Gasteiger partial charge in [-0.05, 0) is 43.3 Å². The quantitative estimate of drug-likeness (QED) is 0.311. The molecule has 0 fully saturated rings. The van der Waals surface area contributed by atoms with Gasteiger partial charge in [-0.1, -0.05) is 35.6 Å². The molecule has 0 aliphatic rings. The van der Waals surface area contributed by atoms with Crippen molar-refractivity contribution in [3.05, 3.63) is 78.3 Å². The molecule has 3 aromatic heterocycles. The summed E-state index contributed by atoms with van der Waals surface area (Å²) >= 11 is 1.42. The number of nitrogens with zero attached hydrogens (tertiary/aromatic N) is 3. The van der Waals surface area contributed by atoms with Crippen molar-refractivity contribution in [1.82, 2.24) is 9.97 Å². The minimum Gasteiger partial charge on any atom is -0.493 e. The van der Waals surface area contributed by atoms with Crippen LogP contribution in [-0.2, 0) is 6.54 Å². The summed E-state index contributed by atoms with van der Waals surface area (Å²) in [6.07, 6.45) is 1.70. The van der Waals surface area contributed by atoms with E-state index in [-0.39, 0.29) is 18.2 Å². The van der Waals surface area contributed by atoms with Gasteiger partial charge in [-0.15, -0.1) is 0 Å². The lowest BCUT2D eigenvalue weighted by atomic mass is 10.2. The first-order valence-corrected chi connectivity index (χ1v) is 11.3. The van der Waals surface area contributed by atoms with Gasteiger partial charge < -0.3 is 13.9 Å². The van der Waals surface area contributed by atoms with Crippen molar-refractivity contribution >= 4 is 43.6 Å². The molecule has 0 saturated heterocycles. The number of ether oxygens (including phenoxy) is 2. The highest BCUT2D eigenvalue weighted by molar-refractivity contribution is 7.22. The predicted molar refractivity (Wildman–Crippen MR) is 128 cm³/mol. The average Bonchev–Trinajstić information content (AvgIpc) is 3.48. The summed E-state index contributed by atoms with van der Waals surface area (Å²) in [5.74, 6) is 1.16. The lowest BCUT2D eigenvalue weighted by Gasteiger charge is -2.18. The number of methoxy groups -OCH3 is 1. The van der Waals surface area contributed by atoms with Crippen LogP contribution in [0.15, 0.2) is 71.3 Å². The van der Waals surface area contributed by atoms with Crippen LogP contribution in [0.4, 0.5) is 5.13 Å². The van der Waals surface area contributed by atoms with Gasteiger partial charge in [-0.2, -0.15) is 0 Å². The van der Waals surface area contributed by atoms with E-state index in [4.69, 9.17) is 18.9 Å². The van der Waals surface area contributed by atoms with E-state index in [0.29, 0.717) is 28.8 Å². The van der Waals surface area contributed by atoms with Gasteiger partial charge >= 0.3 is 0 Å². The zero-order chi connectivity index (χ0) is 22.8. The molecule has 0 radical (unpaired) electrons. The molecule has 0 spiro atoms. The Balaban J connectivity index is 1.60. The van der Waals surface area contributed by atoms with E-state index < -0.39 is 0 Å². The normalized spacial score (nSPS) is 11.1. The Morgan fingerprint density at radius 3 is 2.73 bits per heavy atom. The molecule has 0 bridgehead atoms. The van der Waals surface area contributed by atoms with Crippen LogP contribution in [0.25, 0.3) is 21.2 Å². The van der Waals surface area contributed by atoms with Crippen molar-refractivity contribution in [2.24, 2.45) is 0 Å². The van der Waals surface area contributed by atoms with Crippen LogP contribution in [0, 0.1) is 0 Å². The highest BCUT2D eigenvalue weighted by atomic mass is 32.1. The first-order valence-electron chi connectivity index (χ1n) is 10.5. The van der Waals surface area contributed by atoms with Crippen LogP contribution in [0.3, 0.4) is 0 Å². The van der Waals surface area contributed by atoms with Crippen molar-refractivity contribution in [3.8, 4) is 11.5 Å². The fraction of sp³-hybridized carbons (Fsp3) is 0.160. The number of pyridine rings is 1. The van der Waals surface area contributed by atoms with Gasteiger partial charge in [0.1, 0.15) is 11.3 Å². The molecule has 0 aliphatic heterocycles. The third kappa shape index (κ3) is 4.01. The van der Waals surface area contributed by atoms with Gasteiger partial charge in [0.2, 0.25) is 0 Å². The molecule has 7 nitrogen and oxygen atoms in total. The Kier molecular flexibility index (Phi) is 5.66. The van der Waals surface area contributed by atoms with E-state index in [0.717, 1.165) is 21.3 Å². The predicted octanol–water partition coefficient (Wildman–Crippen LogP) is 5.69. The molecule has 1 amide bonds. The molecule has 33 heavy (non-hydrogen) atoms. The van der Waals surface area contributed by atoms with E-state index in [9.17, 15) is 4.79 Å². The number of aromatic nitrogens is 2. The van der Waals surface area contributed by atoms with E-state index in [1.54, 1.807) is 30.3 Å². The summed E-state index contributed by atoms with van der Waals surface area (Å²) in [6, 6.07) is 18.6. The number of rotatable bonds is 7. The number of thiazole rings is 1. The first kappa shape index (κ1) is 21.0. The molecular formula is C25H21N3O4S. The third-order valence-electron chi connectivity index (χ3n) is 5.13. The van der Waals surface area contributed by atoms with Gasteiger partial charge in [-0.25, -0.2) is 4.98 Å². The van der Waals surface area contributed by atoms with Crippen LogP contribution < -0.4 is 14.4 Å². The number of hydrogen-bond donors (Lipinski definition) is 0. The fourth-order valence-electron chi connectivity index (χ4n) is 3.61. The fourth-order valence-corrected chi connectivity index (χ4v) is 4.60. The minimum atomic E-state index is -0.309. The third-order valence-corrected chi connectivity index (χ3v) is 6.18. The van der Waals surface area contributed by atoms with Gasteiger partial charge in [-0.3, -0.25) is 14.7 Å². The number of furan rings is 1. The Labute approximate surface area is 194 Å². The standard InChI is InChI=1S/C25H21N3O4S/c1-3-31-18-10-7-12-21-22(18)27-25(33-21)28(15-17-9-4-5-13-26-17)24(29)20-14-16-8-6-11-19(30-2)23(16)32-20/h4-14H,3,15H2,1-2H3.